The molecule has 4 nitrogen and oxygen atoms in total. The van der Waals surface area contributed by atoms with Crippen LogP contribution in [0.4, 0.5) is 11.4 Å². The van der Waals surface area contributed by atoms with E-state index in [9.17, 15) is 4.79 Å². The highest BCUT2D eigenvalue weighted by Crippen LogP contribution is 2.27. The number of benzene rings is 2. The number of halogens is 2. The zero-order valence-corrected chi connectivity index (χ0v) is 13.8. The van der Waals surface area contributed by atoms with Gasteiger partial charge in [0, 0.05) is 14.6 Å². The van der Waals surface area contributed by atoms with E-state index in [1.807, 2.05) is 12.1 Å². The lowest BCUT2D eigenvalue weighted by Crippen LogP contribution is -2.14. The number of carbonyl (C=O) groups is 1. The first kappa shape index (κ1) is 14.9. The van der Waals surface area contributed by atoms with Gasteiger partial charge in [0.25, 0.3) is 5.91 Å². The van der Waals surface area contributed by atoms with Crippen molar-refractivity contribution in [3.8, 4) is 5.75 Å². The number of ether oxygens (including phenoxy) is 1. The zero-order valence-electron chi connectivity index (χ0n) is 10.6. The molecule has 2 rings (SSSR count). The molecule has 0 fully saturated rings. The maximum atomic E-state index is 12.3. The van der Waals surface area contributed by atoms with Crippen molar-refractivity contribution in [1.29, 1.82) is 0 Å². The number of amides is 1. The minimum atomic E-state index is -0.288. The molecule has 20 heavy (non-hydrogen) atoms. The molecule has 2 aromatic carbocycles. The first-order chi connectivity index (χ1) is 9.51. The number of methoxy groups -OCH3 is 1. The predicted octanol–water partition coefficient (Wildman–Crippen LogP) is 4.05. The Labute approximate surface area is 133 Å². The Kier molecular flexibility index (Phi) is 4.67. The fourth-order valence-corrected chi connectivity index (χ4v) is 2.79. The molecule has 0 atom stereocenters. The molecule has 0 aliphatic rings. The Balaban J connectivity index is 2.28. The fraction of sp³-hybridized carbons (Fsp3) is 0.0714. The standard InChI is InChI=1S/C14H12Br2N2O2/c1-20-9-3-4-12(17)10(7-9)14(19)18-13-5-2-8(15)6-11(13)16/h2-7H,17H2,1H3,(H,18,19). The molecule has 6 heteroatoms. The summed E-state index contributed by atoms with van der Waals surface area (Å²) in [5, 5.41) is 2.80. The van der Waals surface area contributed by atoms with Crippen LogP contribution in [0.1, 0.15) is 10.4 Å². The summed E-state index contributed by atoms with van der Waals surface area (Å²) in [6.45, 7) is 0. The number of anilines is 2. The van der Waals surface area contributed by atoms with Gasteiger partial charge < -0.3 is 15.8 Å². The molecule has 0 bridgehead atoms. The van der Waals surface area contributed by atoms with Crippen LogP contribution in [0.15, 0.2) is 45.3 Å². The topological polar surface area (TPSA) is 64.3 Å². The Morgan fingerprint density at radius 3 is 2.60 bits per heavy atom. The van der Waals surface area contributed by atoms with Crippen molar-refractivity contribution in [2.24, 2.45) is 0 Å². The van der Waals surface area contributed by atoms with Crippen LogP contribution in [0.5, 0.6) is 5.75 Å². The van der Waals surface area contributed by atoms with E-state index in [-0.39, 0.29) is 5.91 Å². The van der Waals surface area contributed by atoms with E-state index in [1.54, 1.807) is 31.4 Å². The van der Waals surface area contributed by atoms with Gasteiger partial charge in [-0.3, -0.25) is 4.79 Å². The van der Waals surface area contributed by atoms with Gasteiger partial charge in [-0.15, -0.1) is 0 Å². The Bertz CT molecular complexity index is 660. The lowest BCUT2D eigenvalue weighted by Gasteiger charge is -2.10. The van der Waals surface area contributed by atoms with E-state index < -0.39 is 0 Å². The van der Waals surface area contributed by atoms with Crippen LogP contribution in [0.3, 0.4) is 0 Å². The van der Waals surface area contributed by atoms with E-state index in [2.05, 4.69) is 37.2 Å². The maximum Gasteiger partial charge on any atom is 0.257 e. The van der Waals surface area contributed by atoms with Crippen molar-refractivity contribution in [3.05, 3.63) is 50.9 Å². The number of nitrogen functional groups attached to an aromatic ring is 1. The van der Waals surface area contributed by atoms with E-state index in [1.165, 1.54) is 0 Å². The summed E-state index contributed by atoms with van der Waals surface area (Å²) in [7, 11) is 1.54. The van der Waals surface area contributed by atoms with Crippen LogP contribution in [0.2, 0.25) is 0 Å². The van der Waals surface area contributed by atoms with Crippen LogP contribution in [0.25, 0.3) is 0 Å². The average molecular weight is 400 g/mol. The van der Waals surface area contributed by atoms with Gasteiger partial charge in [0.2, 0.25) is 0 Å². The quantitative estimate of drug-likeness (QED) is 0.765. The minimum absolute atomic E-state index is 0.288. The van der Waals surface area contributed by atoms with Crippen molar-refractivity contribution in [2.75, 3.05) is 18.2 Å². The van der Waals surface area contributed by atoms with Gasteiger partial charge in [0.1, 0.15) is 5.75 Å². The molecule has 0 heterocycles. The molecule has 104 valence electrons. The van der Waals surface area contributed by atoms with Gasteiger partial charge in [0.15, 0.2) is 0 Å². The lowest BCUT2D eigenvalue weighted by molar-refractivity contribution is 0.102. The Morgan fingerprint density at radius 2 is 1.95 bits per heavy atom. The van der Waals surface area contributed by atoms with E-state index in [0.717, 1.165) is 8.95 Å². The van der Waals surface area contributed by atoms with Crippen LogP contribution >= 0.6 is 31.9 Å². The predicted molar refractivity (Wildman–Crippen MR) is 87.2 cm³/mol. The van der Waals surface area contributed by atoms with E-state index in [4.69, 9.17) is 10.5 Å². The monoisotopic (exact) mass is 398 g/mol. The lowest BCUT2D eigenvalue weighted by atomic mass is 10.1. The van der Waals surface area contributed by atoms with Gasteiger partial charge in [-0.05, 0) is 52.3 Å². The minimum Gasteiger partial charge on any atom is -0.497 e. The number of nitrogens with one attached hydrogen (secondary N) is 1. The second-order valence-electron chi connectivity index (χ2n) is 4.03. The molecular formula is C14H12Br2N2O2. The molecule has 0 aliphatic carbocycles. The van der Waals surface area contributed by atoms with Crippen molar-refractivity contribution in [2.45, 2.75) is 0 Å². The Hall–Kier alpha value is -1.53. The summed E-state index contributed by atoms with van der Waals surface area (Å²) >= 11 is 6.75. The molecular weight excluding hydrogens is 388 g/mol. The molecule has 0 unspecified atom stereocenters. The number of hydrogen-bond donors (Lipinski definition) is 2. The number of nitrogens with two attached hydrogens (primary N) is 1. The number of carbonyl (C=O) groups excluding carboxylic acids is 1. The van der Waals surface area contributed by atoms with Gasteiger partial charge in [0.05, 0.1) is 18.4 Å². The van der Waals surface area contributed by atoms with E-state index in [0.29, 0.717) is 22.7 Å². The van der Waals surface area contributed by atoms with Crippen molar-refractivity contribution >= 4 is 49.1 Å². The smallest absolute Gasteiger partial charge is 0.257 e. The molecule has 1 amide bonds. The second-order valence-corrected chi connectivity index (χ2v) is 5.80. The molecule has 0 spiro atoms. The summed E-state index contributed by atoms with van der Waals surface area (Å²) in [5.74, 6) is 0.295. The maximum absolute atomic E-state index is 12.3. The molecule has 0 radical (unpaired) electrons. The number of rotatable bonds is 3. The molecule has 2 aromatic rings. The van der Waals surface area contributed by atoms with Crippen molar-refractivity contribution < 1.29 is 9.53 Å². The average Bonchev–Trinajstić information content (AvgIpc) is 2.42. The molecule has 0 aromatic heterocycles. The molecule has 0 saturated heterocycles. The van der Waals surface area contributed by atoms with Gasteiger partial charge >= 0.3 is 0 Å². The molecule has 3 N–H and O–H groups in total. The van der Waals surface area contributed by atoms with Crippen LogP contribution in [-0.4, -0.2) is 13.0 Å². The summed E-state index contributed by atoms with van der Waals surface area (Å²) in [6, 6.07) is 10.5. The fourth-order valence-electron chi connectivity index (χ4n) is 1.64. The van der Waals surface area contributed by atoms with Gasteiger partial charge in [-0.2, -0.15) is 0 Å². The SMILES string of the molecule is COc1ccc(N)c(C(=O)Nc2ccc(Br)cc2Br)c1. The first-order valence-corrected chi connectivity index (χ1v) is 7.30. The zero-order chi connectivity index (χ0) is 14.7. The normalized spacial score (nSPS) is 10.2. The van der Waals surface area contributed by atoms with Crippen molar-refractivity contribution in [1.82, 2.24) is 0 Å². The third-order valence-corrected chi connectivity index (χ3v) is 3.83. The van der Waals surface area contributed by atoms with Gasteiger partial charge in [-0.25, -0.2) is 0 Å². The highest BCUT2D eigenvalue weighted by molar-refractivity contribution is 9.11. The van der Waals surface area contributed by atoms with Crippen LogP contribution < -0.4 is 15.8 Å². The van der Waals surface area contributed by atoms with Crippen LogP contribution in [0, 0.1) is 0 Å². The third-order valence-electron chi connectivity index (χ3n) is 2.68. The summed E-state index contributed by atoms with van der Waals surface area (Å²) < 4.78 is 6.80. The summed E-state index contributed by atoms with van der Waals surface area (Å²) in [6.07, 6.45) is 0. The molecule has 0 saturated carbocycles. The van der Waals surface area contributed by atoms with Gasteiger partial charge in [-0.1, -0.05) is 15.9 Å². The summed E-state index contributed by atoms with van der Waals surface area (Å²) in [5.41, 5.74) is 7.27. The largest absolute Gasteiger partial charge is 0.497 e. The highest BCUT2D eigenvalue weighted by atomic mass is 79.9. The second kappa shape index (κ2) is 6.28. The number of hydrogen-bond acceptors (Lipinski definition) is 3. The summed E-state index contributed by atoms with van der Waals surface area (Å²) in [4.78, 5) is 12.3. The van der Waals surface area contributed by atoms with E-state index >= 15 is 0 Å². The molecule has 0 aliphatic heterocycles. The van der Waals surface area contributed by atoms with Crippen molar-refractivity contribution in [3.63, 3.8) is 0 Å². The Morgan fingerprint density at radius 1 is 1.20 bits per heavy atom. The van der Waals surface area contributed by atoms with Crippen LogP contribution in [-0.2, 0) is 0 Å². The first-order valence-electron chi connectivity index (χ1n) is 5.71. The third kappa shape index (κ3) is 3.32. The highest BCUT2D eigenvalue weighted by Gasteiger charge is 2.12.